The maximum Gasteiger partial charge on any atom is 0.396 e. The van der Waals surface area contributed by atoms with Crippen molar-refractivity contribution < 1.29 is 18.7 Å². The lowest BCUT2D eigenvalue weighted by Gasteiger charge is -1.98. The molecule has 110 valence electrons. The van der Waals surface area contributed by atoms with Gasteiger partial charge in [-0.05, 0) is 30.8 Å². The van der Waals surface area contributed by atoms with Crippen molar-refractivity contribution in [2.75, 3.05) is 13.7 Å². The zero-order chi connectivity index (χ0) is 15.2. The SMILES string of the molecule is CCOC(=O)c1nnc(Sc2ccc(C(=O)NC)nn2)o1. The highest BCUT2D eigenvalue weighted by atomic mass is 32.2. The Balaban J connectivity index is 2.05. The van der Waals surface area contributed by atoms with Gasteiger partial charge in [-0.15, -0.1) is 15.3 Å². The Labute approximate surface area is 123 Å². The molecule has 0 fully saturated rings. The quantitative estimate of drug-likeness (QED) is 0.789. The Bertz CT molecular complexity index is 642. The molecule has 0 aliphatic carbocycles. The fourth-order valence-corrected chi connectivity index (χ4v) is 1.84. The van der Waals surface area contributed by atoms with Gasteiger partial charge in [0.2, 0.25) is 0 Å². The van der Waals surface area contributed by atoms with E-state index in [0.717, 1.165) is 11.8 Å². The summed E-state index contributed by atoms with van der Waals surface area (Å²) in [5.41, 5.74) is 0.194. The fourth-order valence-electron chi connectivity index (χ4n) is 1.24. The van der Waals surface area contributed by atoms with Crippen molar-refractivity contribution in [3.63, 3.8) is 0 Å². The average molecular weight is 309 g/mol. The van der Waals surface area contributed by atoms with E-state index >= 15 is 0 Å². The number of hydrogen-bond acceptors (Lipinski definition) is 9. The van der Waals surface area contributed by atoms with E-state index in [2.05, 4.69) is 25.7 Å². The molecule has 1 amide bonds. The minimum atomic E-state index is -0.683. The van der Waals surface area contributed by atoms with Crippen molar-refractivity contribution in [3.05, 3.63) is 23.7 Å². The maximum absolute atomic E-state index is 11.4. The summed E-state index contributed by atoms with van der Waals surface area (Å²) in [6.45, 7) is 1.89. The van der Waals surface area contributed by atoms with E-state index in [1.807, 2.05) is 0 Å². The van der Waals surface area contributed by atoms with Gasteiger partial charge in [0.25, 0.3) is 11.1 Å². The van der Waals surface area contributed by atoms with Gasteiger partial charge in [-0.3, -0.25) is 4.79 Å². The zero-order valence-electron chi connectivity index (χ0n) is 11.2. The molecule has 0 aliphatic rings. The summed E-state index contributed by atoms with van der Waals surface area (Å²) in [5, 5.41) is 17.9. The number of carbonyl (C=O) groups is 2. The number of aromatic nitrogens is 4. The predicted molar refractivity (Wildman–Crippen MR) is 69.8 cm³/mol. The Hall–Kier alpha value is -2.49. The van der Waals surface area contributed by atoms with E-state index in [4.69, 9.17) is 9.15 Å². The van der Waals surface area contributed by atoms with Gasteiger partial charge in [0.1, 0.15) is 5.03 Å². The van der Waals surface area contributed by atoms with Crippen molar-refractivity contribution in [2.45, 2.75) is 17.2 Å². The summed E-state index contributed by atoms with van der Waals surface area (Å²) in [4.78, 5) is 22.7. The van der Waals surface area contributed by atoms with E-state index in [1.165, 1.54) is 13.1 Å². The molecule has 0 unspecified atom stereocenters. The van der Waals surface area contributed by atoms with Crippen molar-refractivity contribution >= 4 is 23.6 Å². The number of ether oxygens (including phenoxy) is 1. The van der Waals surface area contributed by atoms with Gasteiger partial charge in [0, 0.05) is 7.05 Å². The highest BCUT2D eigenvalue weighted by Crippen LogP contribution is 2.24. The van der Waals surface area contributed by atoms with Gasteiger partial charge >= 0.3 is 11.9 Å². The molecule has 0 atom stereocenters. The highest BCUT2D eigenvalue weighted by Gasteiger charge is 2.17. The summed E-state index contributed by atoms with van der Waals surface area (Å²) in [6, 6.07) is 3.09. The standard InChI is InChI=1S/C11H11N5O4S/c1-3-19-10(18)9-15-16-11(20-9)21-7-5-4-6(13-14-7)8(17)12-2/h4-5H,3H2,1-2H3,(H,12,17). The third kappa shape index (κ3) is 3.75. The number of carbonyl (C=O) groups excluding carboxylic acids is 2. The lowest BCUT2D eigenvalue weighted by Crippen LogP contribution is -2.19. The molecule has 2 heterocycles. The Morgan fingerprint density at radius 3 is 2.71 bits per heavy atom. The van der Waals surface area contributed by atoms with Gasteiger partial charge in [-0.2, -0.15) is 0 Å². The van der Waals surface area contributed by atoms with Crippen LogP contribution in [0, 0.1) is 0 Å². The van der Waals surface area contributed by atoms with Gasteiger partial charge < -0.3 is 14.5 Å². The largest absolute Gasteiger partial charge is 0.459 e. The highest BCUT2D eigenvalue weighted by molar-refractivity contribution is 7.99. The molecule has 2 aromatic heterocycles. The Kier molecular flexibility index (Phi) is 4.82. The molecule has 1 N–H and O–H groups in total. The molecule has 21 heavy (non-hydrogen) atoms. The van der Waals surface area contributed by atoms with E-state index < -0.39 is 5.97 Å². The molecule has 0 radical (unpaired) electrons. The molecule has 0 aromatic carbocycles. The van der Waals surface area contributed by atoms with Crippen LogP contribution in [0.1, 0.15) is 28.1 Å². The maximum atomic E-state index is 11.4. The summed E-state index contributed by atoms with van der Waals surface area (Å²) < 4.78 is 9.85. The topological polar surface area (TPSA) is 120 Å². The number of hydrogen-bond donors (Lipinski definition) is 1. The second kappa shape index (κ2) is 6.79. The summed E-state index contributed by atoms with van der Waals surface area (Å²) in [7, 11) is 1.50. The smallest absolute Gasteiger partial charge is 0.396 e. The van der Waals surface area contributed by atoms with Gasteiger partial charge in [-0.1, -0.05) is 5.10 Å². The minimum Gasteiger partial charge on any atom is -0.459 e. The van der Waals surface area contributed by atoms with Crippen molar-refractivity contribution in [1.29, 1.82) is 0 Å². The van der Waals surface area contributed by atoms with Crippen LogP contribution < -0.4 is 5.32 Å². The van der Waals surface area contributed by atoms with Gasteiger partial charge in [-0.25, -0.2) is 4.79 Å². The normalized spacial score (nSPS) is 10.2. The van der Waals surface area contributed by atoms with Crippen molar-refractivity contribution in [3.8, 4) is 0 Å². The Morgan fingerprint density at radius 2 is 2.10 bits per heavy atom. The number of nitrogens with one attached hydrogen (secondary N) is 1. The summed E-state index contributed by atoms with van der Waals surface area (Å²) in [5.74, 6) is -1.24. The molecule has 0 spiro atoms. The van der Waals surface area contributed by atoms with Crippen LogP contribution >= 0.6 is 11.8 Å². The first-order chi connectivity index (χ1) is 10.1. The molecule has 2 rings (SSSR count). The van der Waals surface area contributed by atoms with Crippen LogP contribution in [0.3, 0.4) is 0 Å². The van der Waals surface area contributed by atoms with Crippen LogP contribution in [0.15, 0.2) is 26.8 Å². The van der Waals surface area contributed by atoms with E-state index in [1.54, 1.807) is 13.0 Å². The average Bonchev–Trinajstić information content (AvgIpc) is 2.96. The van der Waals surface area contributed by atoms with Crippen LogP contribution in [0.2, 0.25) is 0 Å². The number of nitrogens with zero attached hydrogens (tertiary/aromatic N) is 4. The monoisotopic (exact) mass is 309 g/mol. The first-order valence-electron chi connectivity index (χ1n) is 5.88. The first kappa shape index (κ1) is 14.9. The van der Waals surface area contributed by atoms with Crippen LogP contribution in [0.4, 0.5) is 0 Å². The van der Waals surface area contributed by atoms with E-state index in [0.29, 0.717) is 5.03 Å². The third-order valence-electron chi connectivity index (χ3n) is 2.15. The van der Waals surface area contributed by atoms with Crippen LogP contribution in [0.5, 0.6) is 0 Å². The van der Waals surface area contributed by atoms with Crippen LogP contribution in [0.25, 0.3) is 0 Å². The lowest BCUT2D eigenvalue weighted by atomic mass is 10.4. The summed E-state index contributed by atoms with van der Waals surface area (Å²) >= 11 is 1.02. The lowest BCUT2D eigenvalue weighted by molar-refractivity contribution is 0.0475. The molecule has 2 aromatic rings. The molecule has 0 aliphatic heterocycles. The number of esters is 1. The fraction of sp³-hybridized carbons (Fsp3) is 0.273. The second-order valence-corrected chi connectivity index (χ2v) is 4.50. The molecular weight excluding hydrogens is 298 g/mol. The summed E-state index contributed by atoms with van der Waals surface area (Å²) in [6.07, 6.45) is 0. The Morgan fingerprint density at radius 1 is 1.29 bits per heavy atom. The van der Waals surface area contributed by atoms with Crippen molar-refractivity contribution in [2.24, 2.45) is 0 Å². The van der Waals surface area contributed by atoms with Gasteiger partial charge in [0.05, 0.1) is 6.61 Å². The molecule has 0 bridgehead atoms. The molecule has 0 saturated carbocycles. The molecular formula is C11H11N5O4S. The molecule has 0 saturated heterocycles. The van der Waals surface area contributed by atoms with Crippen molar-refractivity contribution in [1.82, 2.24) is 25.7 Å². The zero-order valence-corrected chi connectivity index (χ0v) is 12.0. The number of rotatable bonds is 5. The van der Waals surface area contributed by atoms with Crippen LogP contribution in [-0.4, -0.2) is 45.9 Å². The minimum absolute atomic E-state index is 0.125. The van der Waals surface area contributed by atoms with E-state index in [-0.39, 0.29) is 29.3 Å². The molecule has 10 heteroatoms. The molecule has 9 nitrogen and oxygen atoms in total. The van der Waals surface area contributed by atoms with E-state index in [9.17, 15) is 9.59 Å². The van der Waals surface area contributed by atoms with Crippen LogP contribution in [-0.2, 0) is 4.74 Å². The predicted octanol–water partition coefficient (Wildman–Crippen LogP) is 0.547. The second-order valence-electron chi connectivity index (χ2n) is 3.53. The third-order valence-corrected chi connectivity index (χ3v) is 2.91. The number of amides is 1. The van der Waals surface area contributed by atoms with Gasteiger partial charge in [0.15, 0.2) is 5.69 Å². The first-order valence-corrected chi connectivity index (χ1v) is 6.70.